The Hall–Kier alpha value is -0.860. The van der Waals surface area contributed by atoms with Crippen molar-refractivity contribution in [3.8, 4) is 0 Å². The van der Waals surface area contributed by atoms with Crippen LogP contribution in [0.3, 0.4) is 0 Å². The second kappa shape index (κ2) is 4.85. The normalized spacial score (nSPS) is 40.1. The van der Waals surface area contributed by atoms with E-state index in [1.165, 1.54) is 24.0 Å². The van der Waals surface area contributed by atoms with Gasteiger partial charge in [-0.15, -0.1) is 0 Å². The molecule has 3 unspecified atom stereocenters. The van der Waals surface area contributed by atoms with Crippen LogP contribution in [0.2, 0.25) is 0 Å². The summed E-state index contributed by atoms with van der Waals surface area (Å²) in [6, 6.07) is 8.79. The van der Waals surface area contributed by atoms with Crippen molar-refractivity contribution >= 4 is 0 Å². The number of hydrogen-bond acceptors (Lipinski definition) is 2. The predicted octanol–water partition coefficient (Wildman–Crippen LogP) is 2.97. The van der Waals surface area contributed by atoms with E-state index < -0.39 is 5.60 Å². The molecule has 1 N–H and O–H groups in total. The number of benzene rings is 1. The second-order valence-electron chi connectivity index (χ2n) is 6.95. The molecule has 2 aliphatic carbocycles. The smallest absolute Gasteiger partial charge is 0.0760 e. The van der Waals surface area contributed by atoms with Crippen LogP contribution in [0.1, 0.15) is 36.8 Å². The minimum atomic E-state index is -0.487. The van der Waals surface area contributed by atoms with Gasteiger partial charge >= 0.3 is 0 Å². The molecule has 1 aromatic carbocycles. The molecule has 2 heteroatoms. The highest BCUT2D eigenvalue weighted by Gasteiger charge is 2.54. The summed E-state index contributed by atoms with van der Waals surface area (Å²) >= 11 is 0. The SMILES string of the molecule is OC1(C2CCCOC2)C2CCC1Cc1ccccc1C2. The van der Waals surface area contributed by atoms with Crippen LogP contribution in [0.25, 0.3) is 0 Å². The Morgan fingerprint density at radius 2 is 1.60 bits per heavy atom. The van der Waals surface area contributed by atoms with E-state index in [-0.39, 0.29) is 0 Å². The van der Waals surface area contributed by atoms with Gasteiger partial charge in [-0.3, -0.25) is 0 Å². The number of aliphatic hydroxyl groups is 1. The van der Waals surface area contributed by atoms with E-state index in [0.29, 0.717) is 17.8 Å². The van der Waals surface area contributed by atoms with Crippen molar-refractivity contribution in [2.45, 2.75) is 44.1 Å². The van der Waals surface area contributed by atoms with E-state index >= 15 is 0 Å². The summed E-state index contributed by atoms with van der Waals surface area (Å²) < 4.78 is 5.68. The summed E-state index contributed by atoms with van der Waals surface area (Å²) in [6.45, 7) is 1.64. The van der Waals surface area contributed by atoms with Gasteiger partial charge in [0.1, 0.15) is 0 Å². The summed E-state index contributed by atoms with van der Waals surface area (Å²) in [7, 11) is 0. The lowest BCUT2D eigenvalue weighted by Crippen LogP contribution is -2.50. The minimum Gasteiger partial charge on any atom is -0.389 e. The Labute approximate surface area is 121 Å². The number of rotatable bonds is 1. The molecule has 1 aromatic rings. The van der Waals surface area contributed by atoms with Gasteiger partial charge in [-0.2, -0.15) is 0 Å². The molecule has 1 heterocycles. The van der Waals surface area contributed by atoms with Gasteiger partial charge in [0.2, 0.25) is 0 Å². The third-order valence-corrected chi connectivity index (χ3v) is 6.04. The Morgan fingerprint density at radius 3 is 2.15 bits per heavy atom. The van der Waals surface area contributed by atoms with Gasteiger partial charge < -0.3 is 9.84 Å². The van der Waals surface area contributed by atoms with Crippen molar-refractivity contribution in [2.24, 2.45) is 17.8 Å². The highest BCUT2D eigenvalue weighted by Crippen LogP contribution is 2.52. The molecule has 2 fully saturated rings. The van der Waals surface area contributed by atoms with Crippen molar-refractivity contribution in [2.75, 3.05) is 13.2 Å². The Morgan fingerprint density at radius 1 is 0.950 bits per heavy atom. The van der Waals surface area contributed by atoms with Crippen LogP contribution in [0.5, 0.6) is 0 Å². The van der Waals surface area contributed by atoms with Gasteiger partial charge in [-0.1, -0.05) is 24.3 Å². The van der Waals surface area contributed by atoms with Crippen molar-refractivity contribution in [1.82, 2.24) is 0 Å². The fraction of sp³-hybridized carbons (Fsp3) is 0.667. The fourth-order valence-electron chi connectivity index (χ4n) is 4.99. The Bertz CT molecular complexity index is 457. The molecule has 2 nitrogen and oxygen atoms in total. The summed E-state index contributed by atoms with van der Waals surface area (Å²) in [6.07, 6.45) is 6.73. The van der Waals surface area contributed by atoms with Crippen molar-refractivity contribution in [3.05, 3.63) is 35.4 Å². The molecular weight excluding hydrogens is 248 g/mol. The molecular formula is C18H24O2. The zero-order valence-electron chi connectivity index (χ0n) is 12.1. The molecule has 0 amide bonds. The Balaban J connectivity index is 1.69. The molecule has 2 bridgehead atoms. The standard InChI is InChI=1S/C18H24O2/c19-18(17-6-3-9-20-12-17)15-7-8-16(18)11-14-5-2-1-4-13(14)10-15/h1-2,4-5,15-17,19H,3,6-12H2. The van der Waals surface area contributed by atoms with Gasteiger partial charge in [-0.25, -0.2) is 0 Å². The molecule has 0 radical (unpaired) electrons. The van der Waals surface area contributed by atoms with Crippen LogP contribution in [-0.4, -0.2) is 23.9 Å². The second-order valence-corrected chi connectivity index (χ2v) is 6.95. The van der Waals surface area contributed by atoms with Gasteiger partial charge in [0.25, 0.3) is 0 Å². The summed E-state index contributed by atoms with van der Waals surface area (Å²) in [5.74, 6) is 1.22. The molecule has 1 saturated carbocycles. The monoisotopic (exact) mass is 272 g/mol. The third-order valence-electron chi connectivity index (χ3n) is 6.04. The lowest BCUT2D eigenvalue weighted by Gasteiger charge is -2.42. The molecule has 3 atom stereocenters. The van der Waals surface area contributed by atoms with Crippen LogP contribution in [-0.2, 0) is 17.6 Å². The number of ether oxygens (including phenoxy) is 1. The fourth-order valence-corrected chi connectivity index (χ4v) is 4.99. The number of fused-ring (bicyclic) bond motifs is 3. The van der Waals surface area contributed by atoms with E-state index in [0.717, 1.165) is 38.9 Å². The van der Waals surface area contributed by atoms with E-state index in [1.54, 1.807) is 0 Å². The van der Waals surface area contributed by atoms with Crippen LogP contribution in [0.15, 0.2) is 24.3 Å². The maximum Gasteiger partial charge on any atom is 0.0760 e. The van der Waals surface area contributed by atoms with Gasteiger partial charge in [0.15, 0.2) is 0 Å². The Kier molecular flexibility index (Phi) is 3.12. The van der Waals surface area contributed by atoms with Gasteiger partial charge in [-0.05, 0) is 61.5 Å². The van der Waals surface area contributed by atoms with E-state index in [1.807, 2.05) is 0 Å². The molecule has 0 aromatic heterocycles. The topological polar surface area (TPSA) is 29.5 Å². The zero-order valence-corrected chi connectivity index (χ0v) is 12.1. The average molecular weight is 272 g/mol. The molecule has 1 saturated heterocycles. The maximum atomic E-state index is 11.6. The minimum absolute atomic E-state index is 0.350. The lowest BCUT2D eigenvalue weighted by atomic mass is 9.71. The van der Waals surface area contributed by atoms with Crippen molar-refractivity contribution in [1.29, 1.82) is 0 Å². The van der Waals surface area contributed by atoms with Crippen molar-refractivity contribution in [3.63, 3.8) is 0 Å². The van der Waals surface area contributed by atoms with Crippen LogP contribution in [0.4, 0.5) is 0 Å². The first-order valence-corrected chi connectivity index (χ1v) is 8.15. The third kappa shape index (κ3) is 1.85. The van der Waals surface area contributed by atoms with Gasteiger partial charge in [0, 0.05) is 12.5 Å². The predicted molar refractivity (Wildman–Crippen MR) is 78.6 cm³/mol. The molecule has 108 valence electrons. The average Bonchev–Trinajstić information content (AvgIpc) is 2.72. The highest BCUT2D eigenvalue weighted by atomic mass is 16.5. The molecule has 0 spiro atoms. The summed E-state index contributed by atoms with van der Waals surface area (Å²) in [5.41, 5.74) is 2.45. The molecule has 20 heavy (non-hydrogen) atoms. The van der Waals surface area contributed by atoms with Crippen LogP contribution >= 0.6 is 0 Å². The van der Waals surface area contributed by atoms with Gasteiger partial charge in [0.05, 0.1) is 12.2 Å². The number of hydrogen-bond donors (Lipinski definition) is 1. The zero-order chi connectivity index (χ0) is 13.6. The summed E-state index contributed by atoms with van der Waals surface area (Å²) in [5, 5.41) is 11.6. The quantitative estimate of drug-likeness (QED) is 0.851. The highest BCUT2D eigenvalue weighted by molar-refractivity contribution is 5.32. The largest absolute Gasteiger partial charge is 0.389 e. The van der Waals surface area contributed by atoms with Crippen molar-refractivity contribution < 1.29 is 9.84 Å². The first-order valence-electron chi connectivity index (χ1n) is 8.15. The van der Waals surface area contributed by atoms with Crippen LogP contribution in [0, 0.1) is 17.8 Å². The lowest BCUT2D eigenvalue weighted by molar-refractivity contribution is -0.124. The maximum absolute atomic E-state index is 11.6. The molecule has 3 aliphatic rings. The van der Waals surface area contributed by atoms with E-state index in [2.05, 4.69) is 24.3 Å². The first-order chi connectivity index (χ1) is 9.78. The van der Waals surface area contributed by atoms with E-state index in [9.17, 15) is 5.11 Å². The summed E-state index contributed by atoms with van der Waals surface area (Å²) in [4.78, 5) is 0. The van der Waals surface area contributed by atoms with E-state index in [4.69, 9.17) is 4.74 Å². The molecule has 1 aliphatic heterocycles. The van der Waals surface area contributed by atoms with Crippen LogP contribution < -0.4 is 0 Å². The first kappa shape index (κ1) is 12.8. The molecule has 4 rings (SSSR count).